The van der Waals surface area contributed by atoms with Crippen molar-refractivity contribution in [1.82, 2.24) is 0 Å². The van der Waals surface area contributed by atoms with Gasteiger partial charge in [-0.15, -0.1) is 0 Å². The summed E-state index contributed by atoms with van der Waals surface area (Å²) in [6.45, 7) is 3.27. The van der Waals surface area contributed by atoms with Gasteiger partial charge in [0, 0.05) is 37.9 Å². The Labute approximate surface area is 102 Å². The molecule has 0 fully saturated rings. The SMILES string of the molecule is CC(=O)CC(CO)COCC(CO)CC(C)=O. The van der Waals surface area contributed by atoms with Gasteiger partial charge >= 0.3 is 0 Å². The number of carbonyl (C=O) groups is 2. The summed E-state index contributed by atoms with van der Waals surface area (Å²) in [4.78, 5) is 21.7. The van der Waals surface area contributed by atoms with Crippen LogP contribution in [0.2, 0.25) is 0 Å². The van der Waals surface area contributed by atoms with Gasteiger partial charge in [0.15, 0.2) is 0 Å². The van der Waals surface area contributed by atoms with Gasteiger partial charge < -0.3 is 24.5 Å². The van der Waals surface area contributed by atoms with Gasteiger partial charge in [0.2, 0.25) is 0 Å². The van der Waals surface area contributed by atoms with Crippen molar-refractivity contribution < 1.29 is 24.5 Å². The fourth-order valence-electron chi connectivity index (χ4n) is 1.57. The molecule has 100 valence electrons. The van der Waals surface area contributed by atoms with Crippen LogP contribution in [0.1, 0.15) is 26.7 Å². The van der Waals surface area contributed by atoms with Gasteiger partial charge in [-0.2, -0.15) is 0 Å². The van der Waals surface area contributed by atoms with Crippen LogP contribution in [0.3, 0.4) is 0 Å². The Morgan fingerprint density at radius 1 is 0.941 bits per heavy atom. The first-order valence-corrected chi connectivity index (χ1v) is 5.77. The van der Waals surface area contributed by atoms with Gasteiger partial charge in [-0.1, -0.05) is 0 Å². The van der Waals surface area contributed by atoms with Crippen LogP contribution < -0.4 is 0 Å². The summed E-state index contributed by atoms with van der Waals surface area (Å²) in [5.74, 6) is -0.390. The average molecular weight is 246 g/mol. The molecule has 5 heteroatoms. The third kappa shape index (κ3) is 8.97. The lowest BCUT2D eigenvalue weighted by Gasteiger charge is -2.16. The fraction of sp³-hybridized carbons (Fsp3) is 0.833. The molecule has 0 aliphatic heterocycles. The molecule has 0 aromatic carbocycles. The first-order valence-electron chi connectivity index (χ1n) is 5.77. The molecule has 0 bridgehead atoms. The summed E-state index contributed by atoms with van der Waals surface area (Å²) in [6, 6.07) is 0. The predicted molar refractivity (Wildman–Crippen MR) is 62.6 cm³/mol. The van der Waals surface area contributed by atoms with E-state index >= 15 is 0 Å². The smallest absolute Gasteiger partial charge is 0.130 e. The van der Waals surface area contributed by atoms with Crippen LogP contribution in [0.15, 0.2) is 0 Å². The summed E-state index contributed by atoms with van der Waals surface area (Å²) in [5, 5.41) is 18.0. The first kappa shape index (κ1) is 16.2. The molecule has 0 aliphatic rings. The molecule has 0 amide bonds. The minimum Gasteiger partial charge on any atom is -0.396 e. The zero-order valence-corrected chi connectivity index (χ0v) is 10.5. The van der Waals surface area contributed by atoms with Crippen molar-refractivity contribution in [2.24, 2.45) is 11.8 Å². The minimum absolute atomic E-state index is 0.00935. The number of aliphatic hydroxyl groups is 2. The predicted octanol–water partition coefficient (Wildman–Crippen LogP) is 0.178. The third-order valence-corrected chi connectivity index (χ3v) is 2.38. The molecule has 17 heavy (non-hydrogen) atoms. The zero-order valence-electron chi connectivity index (χ0n) is 10.5. The fourth-order valence-corrected chi connectivity index (χ4v) is 1.57. The van der Waals surface area contributed by atoms with E-state index in [1.165, 1.54) is 13.8 Å². The number of ketones is 2. The molecular formula is C12H22O5. The van der Waals surface area contributed by atoms with E-state index < -0.39 is 0 Å². The number of hydrogen-bond acceptors (Lipinski definition) is 5. The maximum absolute atomic E-state index is 10.9. The molecule has 2 N–H and O–H groups in total. The number of ether oxygens (including phenoxy) is 1. The standard InChI is InChI=1S/C12H22O5/c1-9(15)3-11(5-13)7-17-8-12(6-14)4-10(2)16/h11-14H,3-8H2,1-2H3. The average Bonchev–Trinajstić information content (AvgIpc) is 2.25. The Kier molecular flexibility index (Phi) is 8.85. The highest BCUT2D eigenvalue weighted by Crippen LogP contribution is 2.08. The van der Waals surface area contributed by atoms with E-state index in [4.69, 9.17) is 14.9 Å². The lowest BCUT2D eigenvalue weighted by Crippen LogP contribution is -2.22. The molecule has 0 heterocycles. The van der Waals surface area contributed by atoms with Gasteiger partial charge in [-0.05, 0) is 13.8 Å². The highest BCUT2D eigenvalue weighted by molar-refractivity contribution is 5.76. The molecule has 0 aliphatic carbocycles. The number of aliphatic hydroxyl groups excluding tert-OH is 2. The second-order valence-electron chi connectivity index (χ2n) is 4.45. The maximum Gasteiger partial charge on any atom is 0.130 e. The Hall–Kier alpha value is -0.780. The van der Waals surface area contributed by atoms with E-state index in [0.717, 1.165) is 0 Å². The van der Waals surface area contributed by atoms with Gasteiger partial charge in [0.05, 0.1) is 13.2 Å². The van der Waals surface area contributed by atoms with Gasteiger partial charge in [-0.3, -0.25) is 0 Å². The van der Waals surface area contributed by atoms with Crippen LogP contribution >= 0.6 is 0 Å². The van der Waals surface area contributed by atoms with Crippen molar-refractivity contribution in [1.29, 1.82) is 0 Å². The number of hydrogen-bond donors (Lipinski definition) is 2. The molecule has 0 spiro atoms. The summed E-state index contributed by atoms with van der Waals surface area (Å²) in [6.07, 6.45) is 0.569. The Bertz CT molecular complexity index is 215. The van der Waals surface area contributed by atoms with Crippen molar-refractivity contribution >= 4 is 11.6 Å². The van der Waals surface area contributed by atoms with Crippen LogP contribution in [-0.2, 0) is 14.3 Å². The Morgan fingerprint density at radius 3 is 1.53 bits per heavy atom. The van der Waals surface area contributed by atoms with Gasteiger partial charge in [-0.25, -0.2) is 0 Å². The highest BCUT2D eigenvalue weighted by atomic mass is 16.5. The zero-order chi connectivity index (χ0) is 13.3. The third-order valence-electron chi connectivity index (χ3n) is 2.38. The molecule has 2 unspecified atom stereocenters. The van der Waals surface area contributed by atoms with E-state index in [1.807, 2.05) is 0 Å². The largest absolute Gasteiger partial charge is 0.396 e. The summed E-state index contributed by atoms with van der Waals surface area (Å²) < 4.78 is 5.32. The molecule has 2 atom stereocenters. The summed E-state index contributed by atoms with van der Waals surface area (Å²) in [7, 11) is 0. The maximum atomic E-state index is 10.9. The van der Waals surface area contributed by atoms with Crippen LogP contribution in [0.4, 0.5) is 0 Å². The second-order valence-corrected chi connectivity index (χ2v) is 4.45. The van der Waals surface area contributed by atoms with Gasteiger partial charge in [0.25, 0.3) is 0 Å². The van der Waals surface area contributed by atoms with Crippen molar-refractivity contribution in [3.05, 3.63) is 0 Å². The Balaban J connectivity index is 3.84. The van der Waals surface area contributed by atoms with E-state index in [1.54, 1.807) is 0 Å². The lowest BCUT2D eigenvalue weighted by atomic mass is 10.0. The van der Waals surface area contributed by atoms with Crippen LogP contribution in [0.25, 0.3) is 0 Å². The van der Waals surface area contributed by atoms with Gasteiger partial charge in [0.1, 0.15) is 11.6 Å². The van der Waals surface area contributed by atoms with Crippen LogP contribution in [-0.4, -0.2) is 48.2 Å². The molecule has 0 saturated heterocycles. The van der Waals surface area contributed by atoms with E-state index in [-0.39, 0.29) is 62.7 Å². The topological polar surface area (TPSA) is 83.8 Å². The monoisotopic (exact) mass is 246 g/mol. The van der Waals surface area contributed by atoms with E-state index in [9.17, 15) is 9.59 Å². The van der Waals surface area contributed by atoms with Crippen molar-refractivity contribution in [3.63, 3.8) is 0 Å². The summed E-state index contributed by atoms with van der Waals surface area (Å²) >= 11 is 0. The van der Waals surface area contributed by atoms with Crippen LogP contribution in [0, 0.1) is 11.8 Å². The molecule has 0 saturated carbocycles. The molecule has 0 radical (unpaired) electrons. The number of carbonyl (C=O) groups excluding carboxylic acids is 2. The molecule has 0 aromatic rings. The summed E-state index contributed by atoms with van der Waals surface area (Å²) in [5.41, 5.74) is 0. The molecule has 5 nitrogen and oxygen atoms in total. The van der Waals surface area contributed by atoms with Crippen molar-refractivity contribution in [3.8, 4) is 0 Å². The highest BCUT2D eigenvalue weighted by Gasteiger charge is 2.14. The first-order chi connectivity index (χ1) is 7.99. The lowest BCUT2D eigenvalue weighted by molar-refractivity contribution is -0.119. The normalized spacial score (nSPS) is 14.4. The molecule has 0 aromatic heterocycles. The quantitative estimate of drug-likeness (QED) is 0.574. The van der Waals surface area contributed by atoms with Crippen molar-refractivity contribution in [2.75, 3.05) is 26.4 Å². The molecule has 0 rings (SSSR count). The Morgan fingerprint density at radius 2 is 1.29 bits per heavy atom. The van der Waals surface area contributed by atoms with Crippen LogP contribution in [0.5, 0.6) is 0 Å². The second kappa shape index (κ2) is 9.27. The number of rotatable bonds is 10. The molecular weight excluding hydrogens is 224 g/mol. The van der Waals surface area contributed by atoms with E-state index in [0.29, 0.717) is 0 Å². The van der Waals surface area contributed by atoms with Crippen molar-refractivity contribution in [2.45, 2.75) is 26.7 Å². The number of Topliss-reactive ketones (excluding diaryl/α,β-unsaturated/α-hetero) is 2. The van der Waals surface area contributed by atoms with E-state index in [2.05, 4.69) is 0 Å². The minimum atomic E-state index is -0.204.